The minimum Gasteiger partial charge on any atom is -0.481 e. The van der Waals surface area contributed by atoms with Crippen LogP contribution < -0.4 is 10.1 Å². The van der Waals surface area contributed by atoms with Gasteiger partial charge in [0.2, 0.25) is 5.88 Å². The number of ether oxygens (including phenoxy) is 1. The van der Waals surface area contributed by atoms with Crippen LogP contribution in [0.4, 0.5) is 0 Å². The Hall–Kier alpha value is -1.62. The van der Waals surface area contributed by atoms with Crippen molar-refractivity contribution < 1.29 is 9.53 Å². The molecule has 3 heterocycles. The van der Waals surface area contributed by atoms with Crippen LogP contribution in [0.25, 0.3) is 0 Å². The molecular formula is C13H17N3O2. The van der Waals surface area contributed by atoms with Gasteiger partial charge >= 0.3 is 0 Å². The average molecular weight is 247 g/mol. The smallest absolute Gasteiger partial charge is 0.272 e. The Morgan fingerprint density at radius 2 is 2.11 bits per heavy atom. The molecule has 0 aromatic carbocycles. The molecule has 1 aromatic heterocycles. The van der Waals surface area contributed by atoms with E-state index in [0.717, 1.165) is 13.1 Å². The Balaban J connectivity index is 1.77. The highest BCUT2D eigenvalue weighted by molar-refractivity contribution is 5.92. The zero-order valence-electron chi connectivity index (χ0n) is 10.4. The average Bonchev–Trinajstić information content (AvgIpc) is 2.76. The van der Waals surface area contributed by atoms with Crippen LogP contribution in [0.15, 0.2) is 18.2 Å². The van der Waals surface area contributed by atoms with Gasteiger partial charge in [0.05, 0.1) is 7.11 Å². The number of piperazine rings is 1. The van der Waals surface area contributed by atoms with Crippen LogP contribution in [-0.2, 0) is 0 Å². The van der Waals surface area contributed by atoms with E-state index in [2.05, 4.69) is 10.3 Å². The van der Waals surface area contributed by atoms with Crippen LogP contribution in [-0.4, -0.2) is 48.1 Å². The van der Waals surface area contributed by atoms with Crippen LogP contribution in [0.3, 0.4) is 0 Å². The van der Waals surface area contributed by atoms with E-state index >= 15 is 0 Å². The zero-order chi connectivity index (χ0) is 12.5. The van der Waals surface area contributed by atoms with Crippen molar-refractivity contribution in [3.63, 3.8) is 0 Å². The van der Waals surface area contributed by atoms with Gasteiger partial charge in [0.25, 0.3) is 5.91 Å². The van der Waals surface area contributed by atoms with Crippen LogP contribution in [0.2, 0.25) is 0 Å². The third-order valence-electron chi connectivity index (χ3n) is 3.66. The summed E-state index contributed by atoms with van der Waals surface area (Å²) in [6, 6.07) is 6.21. The molecule has 0 radical (unpaired) electrons. The topological polar surface area (TPSA) is 54.5 Å². The lowest BCUT2D eigenvalue weighted by Crippen LogP contribution is -2.53. The van der Waals surface area contributed by atoms with E-state index in [1.807, 2.05) is 4.90 Å². The SMILES string of the molecule is COc1cccc(C(=O)N2CC3CCC(C2)N3)n1. The minimum atomic E-state index is 0.00676. The fraction of sp³-hybridized carbons (Fsp3) is 0.538. The summed E-state index contributed by atoms with van der Waals surface area (Å²) in [6.45, 7) is 1.57. The number of nitrogens with one attached hydrogen (secondary N) is 1. The molecule has 3 rings (SSSR count). The highest BCUT2D eigenvalue weighted by Gasteiger charge is 2.34. The molecule has 96 valence electrons. The first-order valence-corrected chi connectivity index (χ1v) is 6.32. The molecule has 2 unspecified atom stereocenters. The van der Waals surface area contributed by atoms with Crippen LogP contribution in [0.1, 0.15) is 23.3 Å². The van der Waals surface area contributed by atoms with Gasteiger partial charge in [0.15, 0.2) is 0 Å². The van der Waals surface area contributed by atoms with Crippen molar-refractivity contribution in [2.24, 2.45) is 0 Å². The standard InChI is InChI=1S/C13H17N3O2/c1-18-12-4-2-3-11(15-12)13(17)16-7-9-5-6-10(8-16)14-9/h2-4,9-10,14H,5-8H2,1H3. The molecule has 0 saturated carbocycles. The summed E-state index contributed by atoms with van der Waals surface area (Å²) in [4.78, 5) is 18.5. The van der Waals surface area contributed by atoms with Crippen molar-refractivity contribution in [3.8, 4) is 5.88 Å². The second-order valence-corrected chi connectivity index (χ2v) is 4.91. The quantitative estimate of drug-likeness (QED) is 0.834. The van der Waals surface area contributed by atoms with E-state index < -0.39 is 0 Å². The molecule has 5 heteroatoms. The van der Waals surface area contributed by atoms with Gasteiger partial charge in [-0.2, -0.15) is 0 Å². The highest BCUT2D eigenvalue weighted by atomic mass is 16.5. The highest BCUT2D eigenvalue weighted by Crippen LogP contribution is 2.21. The van der Waals surface area contributed by atoms with Crippen molar-refractivity contribution >= 4 is 5.91 Å². The van der Waals surface area contributed by atoms with Gasteiger partial charge in [0.1, 0.15) is 5.69 Å². The van der Waals surface area contributed by atoms with Crippen molar-refractivity contribution in [1.82, 2.24) is 15.2 Å². The van der Waals surface area contributed by atoms with E-state index in [-0.39, 0.29) is 5.91 Å². The Morgan fingerprint density at radius 3 is 2.78 bits per heavy atom. The van der Waals surface area contributed by atoms with Gasteiger partial charge in [-0.25, -0.2) is 4.98 Å². The number of carbonyl (C=O) groups excluding carboxylic acids is 1. The molecular weight excluding hydrogens is 230 g/mol. The van der Waals surface area contributed by atoms with E-state index in [0.29, 0.717) is 23.7 Å². The number of fused-ring (bicyclic) bond motifs is 2. The summed E-state index contributed by atoms with van der Waals surface area (Å²) in [6.07, 6.45) is 2.33. The number of nitrogens with zero attached hydrogens (tertiary/aromatic N) is 2. The van der Waals surface area contributed by atoms with Gasteiger partial charge in [-0.1, -0.05) is 6.07 Å². The number of methoxy groups -OCH3 is 1. The molecule has 5 nitrogen and oxygen atoms in total. The van der Waals surface area contributed by atoms with Crippen LogP contribution in [0, 0.1) is 0 Å². The molecule has 0 aliphatic carbocycles. The lowest BCUT2D eigenvalue weighted by molar-refractivity contribution is 0.0690. The predicted molar refractivity (Wildman–Crippen MR) is 66.6 cm³/mol. The largest absolute Gasteiger partial charge is 0.481 e. The number of likely N-dealkylation sites (tertiary alicyclic amines) is 1. The molecule has 2 aliphatic heterocycles. The Morgan fingerprint density at radius 1 is 1.39 bits per heavy atom. The maximum absolute atomic E-state index is 12.4. The van der Waals surface area contributed by atoms with E-state index in [9.17, 15) is 4.79 Å². The number of aromatic nitrogens is 1. The zero-order valence-corrected chi connectivity index (χ0v) is 10.4. The number of hydrogen-bond acceptors (Lipinski definition) is 4. The first-order chi connectivity index (χ1) is 8.76. The van der Waals surface area contributed by atoms with Crippen molar-refractivity contribution in [2.75, 3.05) is 20.2 Å². The molecule has 1 aromatic rings. The number of carbonyl (C=O) groups is 1. The van der Waals surface area contributed by atoms with E-state index in [1.54, 1.807) is 25.3 Å². The first-order valence-electron chi connectivity index (χ1n) is 6.32. The molecule has 2 saturated heterocycles. The normalized spacial score (nSPS) is 26.2. The van der Waals surface area contributed by atoms with Crippen molar-refractivity contribution in [3.05, 3.63) is 23.9 Å². The van der Waals surface area contributed by atoms with Crippen molar-refractivity contribution in [2.45, 2.75) is 24.9 Å². The Labute approximate surface area is 106 Å². The number of hydrogen-bond donors (Lipinski definition) is 1. The summed E-state index contributed by atoms with van der Waals surface area (Å²) in [5.41, 5.74) is 0.468. The van der Waals surface area contributed by atoms with E-state index in [1.165, 1.54) is 12.8 Å². The van der Waals surface area contributed by atoms with Crippen LogP contribution >= 0.6 is 0 Å². The molecule has 1 N–H and O–H groups in total. The summed E-state index contributed by atoms with van der Waals surface area (Å²) in [7, 11) is 1.56. The molecule has 0 spiro atoms. The summed E-state index contributed by atoms with van der Waals surface area (Å²) in [5.74, 6) is 0.492. The maximum Gasteiger partial charge on any atom is 0.272 e. The monoisotopic (exact) mass is 247 g/mol. The molecule has 2 atom stereocenters. The van der Waals surface area contributed by atoms with Crippen molar-refractivity contribution in [1.29, 1.82) is 0 Å². The minimum absolute atomic E-state index is 0.00676. The second kappa shape index (κ2) is 4.57. The van der Waals surface area contributed by atoms with E-state index in [4.69, 9.17) is 4.74 Å². The summed E-state index contributed by atoms with van der Waals surface area (Å²) in [5, 5.41) is 3.51. The fourth-order valence-electron chi connectivity index (χ4n) is 2.77. The summed E-state index contributed by atoms with van der Waals surface area (Å²) < 4.78 is 5.05. The lowest BCUT2D eigenvalue weighted by Gasteiger charge is -2.32. The predicted octanol–water partition coefficient (Wildman–Crippen LogP) is 0.667. The summed E-state index contributed by atoms with van der Waals surface area (Å²) >= 11 is 0. The number of pyridine rings is 1. The van der Waals surface area contributed by atoms with Gasteiger partial charge in [-0.15, -0.1) is 0 Å². The lowest BCUT2D eigenvalue weighted by atomic mass is 10.2. The third-order valence-corrected chi connectivity index (χ3v) is 3.66. The molecule has 1 amide bonds. The van der Waals surface area contributed by atoms with Gasteiger partial charge in [-0.05, 0) is 18.9 Å². The third kappa shape index (κ3) is 2.06. The van der Waals surface area contributed by atoms with Crippen LogP contribution in [0.5, 0.6) is 5.88 Å². The van der Waals surface area contributed by atoms with Gasteiger partial charge < -0.3 is 15.0 Å². The number of amides is 1. The molecule has 2 fully saturated rings. The fourth-order valence-corrected chi connectivity index (χ4v) is 2.77. The maximum atomic E-state index is 12.4. The molecule has 2 bridgehead atoms. The van der Waals surface area contributed by atoms with Gasteiger partial charge in [-0.3, -0.25) is 4.79 Å². The van der Waals surface area contributed by atoms with Gasteiger partial charge in [0, 0.05) is 31.2 Å². The number of rotatable bonds is 2. The molecule has 2 aliphatic rings. The Bertz CT molecular complexity index is 451. The molecule has 18 heavy (non-hydrogen) atoms. The second-order valence-electron chi connectivity index (χ2n) is 4.91. The first kappa shape index (κ1) is 11.5. The Kier molecular flexibility index (Phi) is 2.91.